The third kappa shape index (κ3) is 4.68. The zero-order valence-corrected chi connectivity index (χ0v) is 19.2. The van der Waals surface area contributed by atoms with Crippen molar-refractivity contribution in [2.75, 3.05) is 18.0 Å². The van der Waals surface area contributed by atoms with Crippen molar-refractivity contribution >= 4 is 5.95 Å². The van der Waals surface area contributed by atoms with E-state index in [-0.39, 0.29) is 18.4 Å². The van der Waals surface area contributed by atoms with Crippen LogP contribution in [0.15, 0.2) is 49.2 Å². The van der Waals surface area contributed by atoms with Gasteiger partial charge in [-0.15, -0.1) is 5.10 Å². The molecule has 0 radical (unpaired) electrons. The van der Waals surface area contributed by atoms with Crippen LogP contribution in [-0.4, -0.2) is 47.8 Å². The molecule has 1 aliphatic rings. The van der Waals surface area contributed by atoms with Gasteiger partial charge < -0.3 is 9.64 Å². The number of anilines is 1. The van der Waals surface area contributed by atoms with Gasteiger partial charge in [-0.25, -0.2) is 19.0 Å². The lowest BCUT2D eigenvalue weighted by molar-refractivity contribution is 0.289. The van der Waals surface area contributed by atoms with E-state index in [1.54, 1.807) is 23.1 Å². The Morgan fingerprint density at radius 2 is 1.97 bits per heavy atom. The molecular formula is C24H24FN9O. The minimum atomic E-state index is -0.523. The molecule has 0 saturated carbocycles. The van der Waals surface area contributed by atoms with Crippen LogP contribution in [0.4, 0.5) is 10.3 Å². The lowest BCUT2D eigenvalue weighted by Crippen LogP contribution is -2.36. The van der Waals surface area contributed by atoms with E-state index < -0.39 is 5.82 Å². The van der Waals surface area contributed by atoms with Crippen LogP contribution in [0.1, 0.15) is 42.6 Å². The molecule has 3 aromatic heterocycles. The van der Waals surface area contributed by atoms with Gasteiger partial charge in [-0.3, -0.25) is 4.68 Å². The van der Waals surface area contributed by atoms with Crippen LogP contribution in [0.2, 0.25) is 0 Å². The summed E-state index contributed by atoms with van der Waals surface area (Å²) in [4.78, 5) is 11.1. The van der Waals surface area contributed by atoms with Crippen LogP contribution < -0.4 is 9.64 Å². The van der Waals surface area contributed by atoms with E-state index >= 15 is 0 Å². The minimum Gasteiger partial charge on any atom is -0.486 e. The molecule has 4 heterocycles. The second-order valence-electron chi connectivity index (χ2n) is 8.29. The second kappa shape index (κ2) is 9.89. The lowest BCUT2D eigenvalue weighted by Gasteiger charge is -2.32. The SMILES string of the molecule is CCc1cnc(N2CCC(n3ncc(COc4ccc(-n5ccnn5)cc4F)c3C#N)CC2)nc1. The summed E-state index contributed by atoms with van der Waals surface area (Å²) in [6.45, 7) is 3.66. The lowest BCUT2D eigenvalue weighted by atomic mass is 10.1. The molecule has 1 aromatic carbocycles. The predicted octanol–water partition coefficient (Wildman–Crippen LogP) is 3.25. The molecule has 35 heavy (non-hydrogen) atoms. The van der Waals surface area contributed by atoms with Crippen LogP contribution in [0.5, 0.6) is 5.75 Å². The summed E-state index contributed by atoms with van der Waals surface area (Å²) in [7, 11) is 0. The van der Waals surface area contributed by atoms with Gasteiger partial charge >= 0.3 is 0 Å². The maximum Gasteiger partial charge on any atom is 0.225 e. The van der Waals surface area contributed by atoms with Crippen LogP contribution in [0.3, 0.4) is 0 Å². The fourth-order valence-electron chi connectivity index (χ4n) is 4.16. The van der Waals surface area contributed by atoms with E-state index in [4.69, 9.17) is 4.74 Å². The van der Waals surface area contributed by atoms with Gasteiger partial charge in [0.05, 0.1) is 30.3 Å². The number of nitrogens with zero attached hydrogens (tertiary/aromatic N) is 9. The van der Waals surface area contributed by atoms with Crippen molar-refractivity contribution in [3.05, 3.63) is 71.8 Å². The van der Waals surface area contributed by atoms with Crippen molar-refractivity contribution < 1.29 is 9.13 Å². The number of nitriles is 1. The summed E-state index contributed by atoms with van der Waals surface area (Å²) in [5.74, 6) is 0.297. The second-order valence-corrected chi connectivity index (χ2v) is 8.29. The monoisotopic (exact) mass is 473 g/mol. The fraction of sp³-hybridized carbons (Fsp3) is 0.333. The van der Waals surface area contributed by atoms with Gasteiger partial charge in [0.25, 0.3) is 0 Å². The molecule has 10 nitrogen and oxygen atoms in total. The first-order valence-electron chi connectivity index (χ1n) is 11.5. The van der Waals surface area contributed by atoms with Crippen LogP contribution in [0, 0.1) is 17.1 Å². The van der Waals surface area contributed by atoms with Gasteiger partial charge in [-0.1, -0.05) is 12.1 Å². The fourth-order valence-corrected chi connectivity index (χ4v) is 4.16. The van der Waals surface area contributed by atoms with Crippen molar-refractivity contribution in [2.45, 2.75) is 38.8 Å². The number of aryl methyl sites for hydroxylation is 1. The highest BCUT2D eigenvalue weighted by Gasteiger charge is 2.25. The van der Waals surface area contributed by atoms with Crippen molar-refractivity contribution in [1.82, 2.24) is 34.7 Å². The van der Waals surface area contributed by atoms with E-state index in [9.17, 15) is 9.65 Å². The molecule has 0 aliphatic carbocycles. The summed E-state index contributed by atoms with van der Waals surface area (Å²) in [5.41, 5.74) is 2.70. The molecule has 0 unspecified atom stereocenters. The Hall–Kier alpha value is -4.33. The van der Waals surface area contributed by atoms with Gasteiger partial charge in [0.2, 0.25) is 5.95 Å². The molecule has 0 bridgehead atoms. The molecule has 0 amide bonds. The molecule has 0 atom stereocenters. The smallest absolute Gasteiger partial charge is 0.225 e. The maximum absolute atomic E-state index is 14.6. The summed E-state index contributed by atoms with van der Waals surface area (Å²) >= 11 is 0. The first kappa shape index (κ1) is 22.5. The summed E-state index contributed by atoms with van der Waals surface area (Å²) in [6.07, 6.45) is 11.0. The summed E-state index contributed by atoms with van der Waals surface area (Å²) in [5, 5.41) is 21.8. The van der Waals surface area contributed by atoms with Gasteiger partial charge in [0.15, 0.2) is 11.6 Å². The number of hydrogen-bond acceptors (Lipinski definition) is 8. The van der Waals surface area contributed by atoms with Gasteiger partial charge in [-0.05, 0) is 37.0 Å². The van der Waals surface area contributed by atoms with Gasteiger partial charge in [0, 0.05) is 37.1 Å². The van der Waals surface area contributed by atoms with E-state index in [1.165, 1.54) is 23.0 Å². The standard InChI is InChI=1S/C24H24FN9O/c1-2-17-13-27-24(28-14-17)32-8-5-19(6-9-32)34-22(12-26)18(15-30-34)16-35-23-4-3-20(11-21(23)25)33-10-7-29-31-33/h3-4,7,10-11,13-15,19H,2,5-6,8-9,16H2,1H3. The van der Waals surface area contributed by atoms with Crippen molar-refractivity contribution in [3.63, 3.8) is 0 Å². The third-order valence-electron chi connectivity index (χ3n) is 6.16. The van der Waals surface area contributed by atoms with Crippen LogP contribution in [0.25, 0.3) is 5.69 Å². The minimum absolute atomic E-state index is 0.0406. The Bertz CT molecular complexity index is 1320. The molecule has 0 spiro atoms. The number of aromatic nitrogens is 7. The number of halogens is 1. The van der Waals surface area contributed by atoms with E-state index in [1.807, 2.05) is 12.4 Å². The highest BCUT2D eigenvalue weighted by atomic mass is 19.1. The molecule has 5 rings (SSSR count). The Morgan fingerprint density at radius 1 is 1.17 bits per heavy atom. The third-order valence-corrected chi connectivity index (χ3v) is 6.16. The molecule has 1 saturated heterocycles. The van der Waals surface area contributed by atoms with Crippen molar-refractivity contribution in [3.8, 4) is 17.5 Å². The Balaban J connectivity index is 1.23. The molecule has 178 valence electrons. The van der Waals surface area contributed by atoms with Crippen LogP contribution >= 0.6 is 0 Å². The van der Waals surface area contributed by atoms with E-state index in [0.29, 0.717) is 16.9 Å². The largest absolute Gasteiger partial charge is 0.486 e. The van der Waals surface area contributed by atoms with Crippen LogP contribution in [-0.2, 0) is 13.0 Å². The molecule has 11 heteroatoms. The summed E-state index contributed by atoms with van der Waals surface area (Å²) in [6, 6.07) is 6.88. The summed E-state index contributed by atoms with van der Waals surface area (Å²) < 4.78 is 23.5. The quantitative estimate of drug-likeness (QED) is 0.402. The zero-order valence-electron chi connectivity index (χ0n) is 19.2. The molecule has 4 aromatic rings. The zero-order chi connectivity index (χ0) is 24.2. The number of rotatable bonds is 7. The molecule has 0 N–H and O–H groups in total. The number of piperidine rings is 1. The highest BCUT2D eigenvalue weighted by Crippen LogP contribution is 2.27. The number of hydrogen-bond donors (Lipinski definition) is 0. The van der Waals surface area contributed by atoms with Gasteiger partial charge in [-0.2, -0.15) is 10.4 Å². The number of benzene rings is 1. The Kier molecular flexibility index (Phi) is 6.34. The van der Waals surface area contributed by atoms with E-state index in [0.717, 1.165) is 43.9 Å². The number of ether oxygens (including phenoxy) is 1. The Labute approximate surface area is 201 Å². The van der Waals surface area contributed by atoms with Crippen molar-refractivity contribution in [2.24, 2.45) is 0 Å². The topological polar surface area (TPSA) is 111 Å². The first-order valence-corrected chi connectivity index (χ1v) is 11.5. The van der Waals surface area contributed by atoms with Crippen molar-refractivity contribution in [1.29, 1.82) is 5.26 Å². The average molecular weight is 474 g/mol. The first-order chi connectivity index (χ1) is 17.2. The average Bonchev–Trinajstić information content (AvgIpc) is 3.58. The Morgan fingerprint density at radius 3 is 2.63 bits per heavy atom. The molecular weight excluding hydrogens is 449 g/mol. The maximum atomic E-state index is 14.6. The predicted molar refractivity (Wildman–Crippen MR) is 124 cm³/mol. The van der Waals surface area contributed by atoms with Gasteiger partial charge in [0.1, 0.15) is 18.4 Å². The van der Waals surface area contributed by atoms with E-state index in [2.05, 4.69) is 43.3 Å². The highest BCUT2D eigenvalue weighted by molar-refractivity contribution is 5.38. The normalized spacial score (nSPS) is 14.1. The molecule has 1 aliphatic heterocycles. The molecule has 1 fully saturated rings.